The number of nitrogens with one attached hydrogen (secondary N) is 1. The van der Waals surface area contributed by atoms with Crippen LogP contribution in [0.25, 0.3) is 0 Å². The molecule has 1 saturated carbocycles. The third-order valence-electron chi connectivity index (χ3n) is 6.20. The van der Waals surface area contributed by atoms with Crippen LogP contribution in [-0.2, 0) is 17.8 Å². The number of carbonyl (C=O) groups excluding carboxylic acids is 1. The molecule has 1 aromatic carbocycles. The highest BCUT2D eigenvalue weighted by Crippen LogP contribution is 2.28. The first kappa shape index (κ1) is 25.2. The third-order valence-corrected chi connectivity index (χ3v) is 6.20. The number of amides is 1. The summed E-state index contributed by atoms with van der Waals surface area (Å²) in [6.45, 7) is 9.60. The minimum atomic E-state index is 0. The van der Waals surface area contributed by atoms with Crippen LogP contribution in [0.2, 0.25) is 0 Å². The van der Waals surface area contributed by atoms with Gasteiger partial charge in [-0.3, -0.25) is 9.69 Å². The van der Waals surface area contributed by atoms with E-state index in [1.165, 1.54) is 11.1 Å². The molecule has 1 unspecified atom stereocenters. The maximum absolute atomic E-state index is 12.7. The number of rotatable bonds is 5. The van der Waals surface area contributed by atoms with Crippen LogP contribution in [-0.4, -0.2) is 36.0 Å². The van der Waals surface area contributed by atoms with E-state index in [1.807, 2.05) is 0 Å². The molecule has 0 spiro atoms. The molecule has 1 aliphatic heterocycles. The largest absolute Gasteiger partial charge is 0.352 e. The summed E-state index contributed by atoms with van der Waals surface area (Å²) in [7, 11) is 0. The summed E-state index contributed by atoms with van der Waals surface area (Å²) >= 11 is 0. The minimum Gasteiger partial charge on any atom is -0.352 e. The van der Waals surface area contributed by atoms with E-state index in [2.05, 4.69) is 55.3 Å². The maximum Gasteiger partial charge on any atom is 0.220 e. The lowest BCUT2D eigenvalue weighted by molar-refractivity contribution is -0.123. The van der Waals surface area contributed by atoms with E-state index < -0.39 is 0 Å². The number of fused-ring (bicyclic) bond motifs is 1. The number of hydrogen-bond acceptors (Lipinski definition) is 3. The number of hydrogen-bond donors (Lipinski definition) is 2. The van der Waals surface area contributed by atoms with Crippen molar-refractivity contribution in [3.63, 3.8) is 0 Å². The lowest BCUT2D eigenvalue weighted by Crippen LogP contribution is -2.52. The maximum atomic E-state index is 12.7. The highest BCUT2D eigenvalue weighted by atomic mass is 35.5. The monoisotopic (exact) mass is 429 g/mol. The first-order valence-electron chi connectivity index (χ1n) is 10.2. The molecule has 0 radical (unpaired) electrons. The molecule has 1 aliphatic carbocycles. The van der Waals surface area contributed by atoms with E-state index in [0.717, 1.165) is 45.3 Å². The second-order valence-corrected chi connectivity index (χ2v) is 9.30. The molecule has 3 atom stereocenters. The predicted octanol–water partition coefficient (Wildman–Crippen LogP) is 3.94. The summed E-state index contributed by atoms with van der Waals surface area (Å²) in [5.41, 5.74) is 9.08. The van der Waals surface area contributed by atoms with Crippen LogP contribution < -0.4 is 11.1 Å². The van der Waals surface area contributed by atoms with Gasteiger partial charge in [-0.15, -0.1) is 24.8 Å². The van der Waals surface area contributed by atoms with Crippen LogP contribution >= 0.6 is 24.8 Å². The molecule has 1 heterocycles. The van der Waals surface area contributed by atoms with Crippen molar-refractivity contribution < 1.29 is 4.79 Å². The van der Waals surface area contributed by atoms with Gasteiger partial charge in [-0.2, -0.15) is 0 Å². The van der Waals surface area contributed by atoms with Crippen LogP contribution in [0.1, 0.15) is 57.6 Å². The van der Waals surface area contributed by atoms with Crippen molar-refractivity contribution >= 4 is 30.7 Å². The zero-order valence-electron chi connectivity index (χ0n) is 17.4. The van der Waals surface area contributed by atoms with Crippen molar-refractivity contribution in [1.29, 1.82) is 0 Å². The van der Waals surface area contributed by atoms with Gasteiger partial charge in [0, 0.05) is 38.1 Å². The standard InChI is InChI=1S/C22H35N3O.2ClH/c1-22(2,3)20(24-21(26)13-17-9-6-10-19(17)23)15-25-12-11-16-7-4-5-8-18(16)14-25;;/h4-5,7-8,17,19-20H,6,9-15,23H2,1-3H3,(H,24,26);2*1H/t17-,19+,20?;;/m0../s1. The molecule has 1 amide bonds. The average molecular weight is 430 g/mol. The lowest BCUT2D eigenvalue weighted by Gasteiger charge is -2.38. The first-order chi connectivity index (χ1) is 12.3. The zero-order valence-corrected chi connectivity index (χ0v) is 19.1. The van der Waals surface area contributed by atoms with Crippen LogP contribution in [0, 0.1) is 11.3 Å². The Labute approximate surface area is 182 Å². The van der Waals surface area contributed by atoms with Gasteiger partial charge < -0.3 is 11.1 Å². The molecule has 0 bridgehead atoms. The molecule has 3 rings (SSSR count). The van der Waals surface area contributed by atoms with Gasteiger partial charge in [-0.05, 0) is 41.7 Å². The lowest BCUT2D eigenvalue weighted by atomic mass is 9.85. The number of carbonyl (C=O) groups is 1. The smallest absolute Gasteiger partial charge is 0.220 e. The van der Waals surface area contributed by atoms with Crippen LogP contribution in [0.5, 0.6) is 0 Å². The van der Waals surface area contributed by atoms with Gasteiger partial charge in [-0.1, -0.05) is 51.5 Å². The predicted molar refractivity (Wildman–Crippen MR) is 121 cm³/mol. The van der Waals surface area contributed by atoms with E-state index in [0.29, 0.717) is 12.3 Å². The molecule has 3 N–H and O–H groups in total. The van der Waals surface area contributed by atoms with Crippen molar-refractivity contribution in [3.05, 3.63) is 35.4 Å². The SMILES string of the molecule is CC(C)(C)C(CN1CCc2ccccc2C1)NC(=O)C[C@@H]1CCC[C@H]1N.Cl.Cl. The molecule has 6 heteroatoms. The zero-order chi connectivity index (χ0) is 18.7. The summed E-state index contributed by atoms with van der Waals surface area (Å²) in [5.74, 6) is 0.530. The van der Waals surface area contributed by atoms with Gasteiger partial charge in [0.05, 0.1) is 0 Å². The fourth-order valence-corrected chi connectivity index (χ4v) is 4.31. The van der Waals surface area contributed by atoms with Crippen molar-refractivity contribution in [3.8, 4) is 0 Å². The number of nitrogens with zero attached hydrogens (tertiary/aromatic N) is 1. The Bertz CT molecular complexity index is 632. The van der Waals surface area contributed by atoms with Crippen LogP contribution in [0.15, 0.2) is 24.3 Å². The molecule has 28 heavy (non-hydrogen) atoms. The number of nitrogens with two attached hydrogens (primary N) is 1. The second-order valence-electron chi connectivity index (χ2n) is 9.30. The molecule has 1 aromatic rings. The van der Waals surface area contributed by atoms with Gasteiger partial charge in [-0.25, -0.2) is 0 Å². The quantitative estimate of drug-likeness (QED) is 0.744. The summed E-state index contributed by atoms with van der Waals surface area (Å²) in [6, 6.07) is 9.07. The Balaban J connectivity index is 0.00000196. The second kappa shape index (κ2) is 10.8. The molecule has 0 aromatic heterocycles. The van der Waals surface area contributed by atoms with Gasteiger partial charge in [0.25, 0.3) is 0 Å². The first-order valence-corrected chi connectivity index (χ1v) is 10.2. The molecule has 1 fully saturated rings. The summed E-state index contributed by atoms with van der Waals surface area (Å²) in [5, 5.41) is 3.34. The molecule has 2 aliphatic rings. The summed E-state index contributed by atoms with van der Waals surface area (Å²) < 4.78 is 0. The van der Waals surface area contributed by atoms with Crippen LogP contribution in [0.3, 0.4) is 0 Å². The molecule has 160 valence electrons. The van der Waals surface area contributed by atoms with Crippen molar-refractivity contribution in [2.45, 2.75) is 71.5 Å². The average Bonchev–Trinajstić information content (AvgIpc) is 2.98. The van der Waals surface area contributed by atoms with Gasteiger partial charge in [0.15, 0.2) is 0 Å². The van der Waals surface area contributed by atoms with E-state index in [4.69, 9.17) is 5.73 Å². The van der Waals surface area contributed by atoms with Gasteiger partial charge in [0.1, 0.15) is 0 Å². The third kappa shape index (κ3) is 6.62. The molecule has 0 saturated heterocycles. The van der Waals surface area contributed by atoms with E-state index in [-0.39, 0.29) is 48.2 Å². The molecular weight excluding hydrogens is 393 g/mol. The number of benzene rings is 1. The Kier molecular flexibility index (Phi) is 9.75. The van der Waals surface area contributed by atoms with Crippen LogP contribution in [0.4, 0.5) is 0 Å². The van der Waals surface area contributed by atoms with Gasteiger partial charge >= 0.3 is 0 Å². The van der Waals surface area contributed by atoms with E-state index in [9.17, 15) is 4.79 Å². The highest BCUT2D eigenvalue weighted by Gasteiger charge is 2.31. The normalized spacial score (nSPS) is 23.1. The highest BCUT2D eigenvalue weighted by molar-refractivity contribution is 5.85. The Hall–Kier alpha value is -0.810. The minimum absolute atomic E-state index is 0. The van der Waals surface area contributed by atoms with E-state index in [1.54, 1.807) is 0 Å². The fourth-order valence-electron chi connectivity index (χ4n) is 4.31. The summed E-state index contributed by atoms with van der Waals surface area (Å²) in [6.07, 6.45) is 5.00. The Morgan fingerprint density at radius 3 is 2.50 bits per heavy atom. The van der Waals surface area contributed by atoms with Crippen molar-refractivity contribution in [2.75, 3.05) is 13.1 Å². The van der Waals surface area contributed by atoms with Crippen molar-refractivity contribution in [1.82, 2.24) is 10.2 Å². The fraction of sp³-hybridized carbons (Fsp3) is 0.682. The van der Waals surface area contributed by atoms with Gasteiger partial charge in [0.2, 0.25) is 5.91 Å². The molecular formula is C22H37Cl2N3O. The van der Waals surface area contributed by atoms with Crippen molar-refractivity contribution in [2.24, 2.45) is 17.1 Å². The Morgan fingerprint density at radius 1 is 1.21 bits per heavy atom. The number of halogens is 2. The topological polar surface area (TPSA) is 58.4 Å². The van der Waals surface area contributed by atoms with E-state index >= 15 is 0 Å². The Morgan fingerprint density at radius 2 is 1.89 bits per heavy atom. The molecule has 4 nitrogen and oxygen atoms in total. The summed E-state index contributed by atoms with van der Waals surface area (Å²) in [4.78, 5) is 15.1.